The fourth-order valence-electron chi connectivity index (χ4n) is 2.62. The summed E-state index contributed by atoms with van der Waals surface area (Å²) >= 11 is 0. The van der Waals surface area contributed by atoms with E-state index in [-0.39, 0.29) is 12.3 Å². The molecule has 0 aliphatic rings. The topological polar surface area (TPSA) is 80.0 Å². The Morgan fingerprint density at radius 2 is 1.88 bits per heavy atom. The summed E-state index contributed by atoms with van der Waals surface area (Å²) in [6, 6.07) is 16.1. The van der Waals surface area contributed by atoms with Crippen LogP contribution in [0.1, 0.15) is 16.1 Å². The van der Waals surface area contributed by atoms with Crippen LogP contribution in [0.15, 0.2) is 59.0 Å². The summed E-state index contributed by atoms with van der Waals surface area (Å²) in [4.78, 5) is 25.2. The number of aliphatic carboxylic acids is 1. The normalized spacial score (nSPS) is 10.6. The number of rotatable bonds is 6. The minimum atomic E-state index is -1.09. The highest BCUT2D eigenvalue weighted by Gasteiger charge is 2.23. The fraction of sp³-hybridized carbons (Fsp3) is 0.158. The number of amides is 1. The molecule has 0 saturated carbocycles. The van der Waals surface area contributed by atoms with E-state index in [1.807, 2.05) is 30.3 Å². The van der Waals surface area contributed by atoms with Crippen molar-refractivity contribution in [2.24, 2.45) is 0 Å². The third kappa shape index (κ3) is 3.63. The quantitative estimate of drug-likeness (QED) is 0.746. The molecular weight excluding hydrogens is 322 g/mol. The van der Waals surface area contributed by atoms with Gasteiger partial charge in [0.25, 0.3) is 5.91 Å². The molecule has 0 bridgehead atoms. The lowest BCUT2D eigenvalue weighted by Gasteiger charge is -2.19. The number of fused-ring (bicyclic) bond motifs is 1. The molecule has 0 atom stereocenters. The minimum absolute atomic E-state index is 0.0803. The first-order valence-corrected chi connectivity index (χ1v) is 7.70. The Morgan fingerprint density at radius 3 is 2.56 bits per heavy atom. The van der Waals surface area contributed by atoms with Gasteiger partial charge in [-0.1, -0.05) is 42.5 Å². The van der Waals surface area contributed by atoms with E-state index >= 15 is 0 Å². The van der Waals surface area contributed by atoms with Crippen LogP contribution in [0.3, 0.4) is 0 Å². The monoisotopic (exact) mass is 339 g/mol. The number of hydrogen-bond donors (Lipinski definition) is 1. The van der Waals surface area contributed by atoms with Crippen LogP contribution in [0.4, 0.5) is 0 Å². The van der Waals surface area contributed by atoms with Crippen LogP contribution in [-0.2, 0) is 11.3 Å². The number of para-hydroxylation sites is 1. The van der Waals surface area contributed by atoms with Crippen molar-refractivity contribution < 1.29 is 23.8 Å². The maximum Gasteiger partial charge on any atom is 0.323 e. The number of benzene rings is 2. The highest BCUT2D eigenvalue weighted by Crippen LogP contribution is 2.29. The first kappa shape index (κ1) is 16.6. The van der Waals surface area contributed by atoms with Crippen molar-refractivity contribution in [3.8, 4) is 5.75 Å². The van der Waals surface area contributed by atoms with Crippen molar-refractivity contribution in [2.45, 2.75) is 6.54 Å². The van der Waals surface area contributed by atoms with Gasteiger partial charge in [-0.25, -0.2) is 0 Å². The lowest BCUT2D eigenvalue weighted by Crippen LogP contribution is -2.35. The highest BCUT2D eigenvalue weighted by atomic mass is 16.5. The molecule has 0 fully saturated rings. The van der Waals surface area contributed by atoms with Gasteiger partial charge in [-0.2, -0.15) is 0 Å². The number of ether oxygens (including phenoxy) is 1. The summed E-state index contributed by atoms with van der Waals surface area (Å²) in [6.07, 6.45) is 0. The van der Waals surface area contributed by atoms with Gasteiger partial charge in [0.05, 0.1) is 7.11 Å². The summed E-state index contributed by atoms with van der Waals surface area (Å²) in [5.74, 6) is -0.969. The molecule has 0 aliphatic carbocycles. The van der Waals surface area contributed by atoms with Crippen molar-refractivity contribution in [2.75, 3.05) is 13.7 Å². The lowest BCUT2D eigenvalue weighted by atomic mass is 10.2. The van der Waals surface area contributed by atoms with Gasteiger partial charge in [0.15, 0.2) is 17.1 Å². The molecule has 2 aromatic carbocycles. The first-order chi connectivity index (χ1) is 12.1. The standard InChI is InChI=1S/C19H17NO5/c1-24-15-9-5-8-14-10-16(25-18(14)15)19(23)20(12-17(21)22)11-13-6-3-2-4-7-13/h2-10H,11-12H2,1H3,(H,21,22). The van der Waals surface area contributed by atoms with Gasteiger partial charge in [0.1, 0.15) is 6.54 Å². The molecule has 3 rings (SSSR count). The van der Waals surface area contributed by atoms with E-state index in [0.29, 0.717) is 11.3 Å². The number of carbonyl (C=O) groups is 2. The zero-order valence-corrected chi connectivity index (χ0v) is 13.6. The maximum atomic E-state index is 12.8. The minimum Gasteiger partial charge on any atom is -0.493 e. The van der Waals surface area contributed by atoms with Crippen molar-refractivity contribution in [1.29, 1.82) is 0 Å². The Kier molecular flexibility index (Phi) is 4.70. The fourth-order valence-corrected chi connectivity index (χ4v) is 2.62. The summed E-state index contributed by atoms with van der Waals surface area (Å²) in [5.41, 5.74) is 1.30. The molecule has 0 unspecified atom stereocenters. The maximum absolute atomic E-state index is 12.8. The van der Waals surface area contributed by atoms with Crippen LogP contribution < -0.4 is 4.74 Å². The van der Waals surface area contributed by atoms with E-state index in [4.69, 9.17) is 14.3 Å². The smallest absolute Gasteiger partial charge is 0.323 e. The van der Waals surface area contributed by atoms with Gasteiger partial charge in [-0.15, -0.1) is 0 Å². The summed E-state index contributed by atoms with van der Waals surface area (Å²) < 4.78 is 10.9. The Balaban J connectivity index is 1.92. The second kappa shape index (κ2) is 7.09. The molecule has 0 saturated heterocycles. The Morgan fingerprint density at radius 1 is 1.12 bits per heavy atom. The summed E-state index contributed by atoms with van der Waals surface area (Å²) in [6.45, 7) is -0.234. The van der Waals surface area contributed by atoms with Crippen LogP contribution in [0.25, 0.3) is 11.0 Å². The molecule has 1 amide bonds. The molecule has 0 radical (unpaired) electrons. The van der Waals surface area contributed by atoms with Gasteiger partial charge in [0.2, 0.25) is 0 Å². The largest absolute Gasteiger partial charge is 0.493 e. The average molecular weight is 339 g/mol. The zero-order valence-electron chi connectivity index (χ0n) is 13.6. The second-order valence-corrected chi connectivity index (χ2v) is 5.53. The summed E-state index contributed by atoms with van der Waals surface area (Å²) in [5, 5.41) is 9.86. The van der Waals surface area contributed by atoms with E-state index in [1.54, 1.807) is 24.3 Å². The SMILES string of the molecule is COc1cccc2cc(C(=O)N(CC(=O)O)Cc3ccccc3)oc12. The predicted octanol–water partition coefficient (Wildman–Crippen LogP) is 3.17. The summed E-state index contributed by atoms with van der Waals surface area (Å²) in [7, 11) is 1.52. The Labute approximate surface area is 144 Å². The average Bonchev–Trinajstić information content (AvgIpc) is 3.05. The Bertz CT molecular complexity index is 901. The molecule has 1 aromatic heterocycles. The molecule has 6 heteroatoms. The molecule has 1 heterocycles. The molecule has 3 aromatic rings. The van der Waals surface area contributed by atoms with Crippen molar-refractivity contribution >= 4 is 22.8 Å². The molecule has 0 aliphatic heterocycles. The number of carboxylic acid groups (broad SMARTS) is 1. The van der Waals surface area contributed by atoms with Crippen molar-refractivity contribution in [3.63, 3.8) is 0 Å². The molecule has 0 spiro atoms. The van der Waals surface area contributed by atoms with Gasteiger partial charge >= 0.3 is 5.97 Å². The number of nitrogens with zero attached hydrogens (tertiary/aromatic N) is 1. The highest BCUT2D eigenvalue weighted by molar-refractivity contribution is 5.98. The molecule has 25 heavy (non-hydrogen) atoms. The number of furan rings is 1. The second-order valence-electron chi connectivity index (χ2n) is 5.53. The van der Waals surface area contributed by atoms with Crippen molar-refractivity contribution in [1.82, 2.24) is 4.90 Å². The zero-order chi connectivity index (χ0) is 17.8. The van der Waals surface area contributed by atoms with Crippen LogP contribution >= 0.6 is 0 Å². The van der Waals surface area contributed by atoms with Gasteiger partial charge in [-0.3, -0.25) is 9.59 Å². The molecule has 1 N–H and O–H groups in total. The number of hydrogen-bond acceptors (Lipinski definition) is 4. The lowest BCUT2D eigenvalue weighted by molar-refractivity contribution is -0.137. The van der Waals surface area contributed by atoms with Crippen molar-refractivity contribution in [3.05, 3.63) is 65.9 Å². The number of carbonyl (C=O) groups excluding carboxylic acids is 1. The van der Waals surface area contributed by atoms with E-state index in [9.17, 15) is 9.59 Å². The van der Waals surface area contributed by atoms with E-state index in [1.165, 1.54) is 12.0 Å². The van der Waals surface area contributed by atoms with Crippen LogP contribution in [0, 0.1) is 0 Å². The van der Waals surface area contributed by atoms with E-state index in [0.717, 1.165) is 10.9 Å². The van der Waals surface area contributed by atoms with Gasteiger partial charge in [-0.05, 0) is 17.7 Å². The number of carboxylic acids is 1. The van der Waals surface area contributed by atoms with Gasteiger partial charge in [0, 0.05) is 11.9 Å². The molecular formula is C19H17NO5. The third-order valence-electron chi connectivity index (χ3n) is 3.77. The van der Waals surface area contributed by atoms with E-state index < -0.39 is 18.4 Å². The van der Waals surface area contributed by atoms with Gasteiger partial charge < -0.3 is 19.2 Å². The molecule has 6 nitrogen and oxygen atoms in total. The third-order valence-corrected chi connectivity index (χ3v) is 3.77. The number of methoxy groups -OCH3 is 1. The molecule has 128 valence electrons. The first-order valence-electron chi connectivity index (χ1n) is 7.70. The van der Waals surface area contributed by atoms with Crippen LogP contribution in [0.5, 0.6) is 5.75 Å². The predicted molar refractivity (Wildman–Crippen MR) is 91.6 cm³/mol. The van der Waals surface area contributed by atoms with E-state index in [2.05, 4.69) is 0 Å². The van der Waals surface area contributed by atoms with Crippen LogP contribution in [-0.4, -0.2) is 35.5 Å². The van der Waals surface area contributed by atoms with Crippen LogP contribution in [0.2, 0.25) is 0 Å². The Hall–Kier alpha value is -3.28.